The van der Waals surface area contributed by atoms with E-state index in [1.54, 1.807) is 26.8 Å². The number of nitrogens with zero attached hydrogens (tertiary/aromatic N) is 2. The number of nitro benzene ring substituents is 1. The number of rotatable bonds is 7. The van der Waals surface area contributed by atoms with Gasteiger partial charge in [0.15, 0.2) is 0 Å². The van der Waals surface area contributed by atoms with Crippen LogP contribution in [-0.4, -0.2) is 36.6 Å². The summed E-state index contributed by atoms with van der Waals surface area (Å²) in [5.41, 5.74) is 0.129. The minimum atomic E-state index is -3.73. The lowest BCUT2D eigenvalue weighted by Gasteiger charge is -2.20. The zero-order valence-electron chi connectivity index (χ0n) is 15.6. The molecular weight excluding hydrogens is 406 g/mol. The number of hydrogen-bond donors (Lipinski definition) is 1. The van der Waals surface area contributed by atoms with Crippen LogP contribution >= 0.6 is 11.6 Å². The maximum absolute atomic E-state index is 12.8. The summed E-state index contributed by atoms with van der Waals surface area (Å²) in [4.78, 5) is 23.1. The van der Waals surface area contributed by atoms with Crippen molar-refractivity contribution in [1.82, 2.24) is 4.31 Å². The van der Waals surface area contributed by atoms with Gasteiger partial charge in [0.25, 0.3) is 11.6 Å². The molecule has 2 rings (SSSR count). The van der Waals surface area contributed by atoms with Crippen molar-refractivity contribution in [3.8, 4) is 0 Å². The summed E-state index contributed by atoms with van der Waals surface area (Å²) in [5.74, 6) is -0.738. The first kappa shape index (κ1) is 21.8. The number of anilines is 1. The van der Waals surface area contributed by atoms with E-state index in [2.05, 4.69) is 5.32 Å². The van der Waals surface area contributed by atoms with Crippen LogP contribution in [0.4, 0.5) is 11.4 Å². The first-order valence-corrected chi connectivity index (χ1v) is 10.3. The molecule has 0 aliphatic rings. The smallest absolute Gasteiger partial charge is 0.283 e. The minimum Gasteiger partial charge on any atom is -0.322 e. The third-order valence-corrected chi connectivity index (χ3v) is 6.60. The Balaban J connectivity index is 2.42. The molecule has 2 aromatic carbocycles. The number of benzene rings is 2. The van der Waals surface area contributed by atoms with Crippen molar-refractivity contribution in [1.29, 1.82) is 0 Å². The van der Waals surface area contributed by atoms with E-state index in [-0.39, 0.29) is 21.2 Å². The normalized spacial score (nSPS) is 11.5. The molecular formula is C18H20ClN3O5S. The number of hydrogen-bond acceptors (Lipinski definition) is 5. The Morgan fingerprint density at radius 3 is 2.39 bits per heavy atom. The zero-order chi connectivity index (χ0) is 21.1. The van der Waals surface area contributed by atoms with Crippen LogP contribution in [0.3, 0.4) is 0 Å². The monoisotopic (exact) mass is 425 g/mol. The third kappa shape index (κ3) is 4.49. The fourth-order valence-corrected chi connectivity index (χ4v) is 4.58. The fraction of sp³-hybridized carbons (Fsp3) is 0.278. The first-order chi connectivity index (χ1) is 13.1. The molecule has 0 fully saturated rings. The average Bonchev–Trinajstić information content (AvgIpc) is 2.63. The van der Waals surface area contributed by atoms with Gasteiger partial charge in [0, 0.05) is 29.9 Å². The van der Waals surface area contributed by atoms with Gasteiger partial charge in [0.1, 0.15) is 5.56 Å². The molecule has 0 saturated heterocycles. The average molecular weight is 426 g/mol. The highest BCUT2D eigenvalue weighted by atomic mass is 35.5. The molecule has 0 heterocycles. The van der Waals surface area contributed by atoms with E-state index < -0.39 is 26.5 Å². The van der Waals surface area contributed by atoms with E-state index >= 15 is 0 Å². The molecule has 10 heteroatoms. The summed E-state index contributed by atoms with van der Waals surface area (Å²) in [6.45, 7) is 5.76. The molecule has 0 aliphatic heterocycles. The van der Waals surface area contributed by atoms with Crippen molar-refractivity contribution >= 4 is 38.9 Å². The molecule has 150 valence electrons. The Morgan fingerprint density at radius 2 is 1.82 bits per heavy atom. The molecule has 28 heavy (non-hydrogen) atoms. The van der Waals surface area contributed by atoms with E-state index in [9.17, 15) is 23.3 Å². The zero-order valence-corrected chi connectivity index (χ0v) is 17.2. The van der Waals surface area contributed by atoms with Gasteiger partial charge in [-0.3, -0.25) is 14.9 Å². The lowest BCUT2D eigenvalue weighted by molar-refractivity contribution is -0.385. The number of nitro groups is 1. The van der Waals surface area contributed by atoms with Crippen molar-refractivity contribution in [3.63, 3.8) is 0 Å². The molecule has 0 spiro atoms. The Bertz CT molecular complexity index is 1020. The van der Waals surface area contributed by atoms with Crippen LogP contribution in [0.2, 0.25) is 5.02 Å². The summed E-state index contributed by atoms with van der Waals surface area (Å²) in [7, 11) is -3.73. The number of halogens is 1. The van der Waals surface area contributed by atoms with Crippen LogP contribution in [0.5, 0.6) is 0 Å². The quantitative estimate of drug-likeness (QED) is 0.535. The number of sulfonamides is 1. The third-order valence-electron chi connectivity index (χ3n) is 4.17. The van der Waals surface area contributed by atoms with Crippen molar-refractivity contribution < 1.29 is 18.1 Å². The number of amides is 1. The van der Waals surface area contributed by atoms with Crippen molar-refractivity contribution in [2.24, 2.45) is 0 Å². The van der Waals surface area contributed by atoms with Gasteiger partial charge in [-0.15, -0.1) is 0 Å². The largest absolute Gasteiger partial charge is 0.322 e. The van der Waals surface area contributed by atoms with E-state index in [1.807, 2.05) is 0 Å². The number of carbonyl (C=O) groups is 1. The van der Waals surface area contributed by atoms with Crippen LogP contribution in [0, 0.1) is 17.0 Å². The van der Waals surface area contributed by atoms with Crippen LogP contribution in [0.1, 0.15) is 29.8 Å². The summed E-state index contributed by atoms with van der Waals surface area (Å²) in [6.07, 6.45) is 0. The van der Waals surface area contributed by atoms with E-state index in [4.69, 9.17) is 11.6 Å². The Labute approximate surface area is 168 Å². The number of nitrogens with one attached hydrogen (secondary N) is 1. The minimum absolute atomic E-state index is 0.0691. The predicted octanol–water partition coefficient (Wildman–Crippen LogP) is 3.84. The number of aryl methyl sites for hydroxylation is 1. The van der Waals surface area contributed by atoms with Crippen LogP contribution < -0.4 is 5.32 Å². The fourth-order valence-electron chi connectivity index (χ4n) is 2.70. The van der Waals surface area contributed by atoms with E-state index in [0.717, 1.165) is 6.07 Å². The molecule has 1 N–H and O–H groups in total. The first-order valence-electron chi connectivity index (χ1n) is 8.47. The van der Waals surface area contributed by atoms with Crippen LogP contribution in [-0.2, 0) is 10.0 Å². The summed E-state index contributed by atoms with van der Waals surface area (Å²) < 4.78 is 26.9. The van der Waals surface area contributed by atoms with Gasteiger partial charge in [-0.25, -0.2) is 8.42 Å². The van der Waals surface area contributed by atoms with Gasteiger partial charge in [-0.05, 0) is 36.8 Å². The second-order valence-corrected chi connectivity index (χ2v) is 8.29. The molecule has 8 nitrogen and oxygen atoms in total. The maximum Gasteiger partial charge on any atom is 0.283 e. The van der Waals surface area contributed by atoms with Gasteiger partial charge in [0.05, 0.1) is 9.82 Å². The van der Waals surface area contributed by atoms with Crippen molar-refractivity contribution in [3.05, 3.63) is 62.7 Å². The SMILES string of the molecule is CCN(CC)S(=O)(=O)c1cc(NC(=O)c2ccc(Cl)cc2[N+](=O)[O-])ccc1C. The lowest BCUT2D eigenvalue weighted by atomic mass is 10.1. The summed E-state index contributed by atoms with van der Waals surface area (Å²) >= 11 is 5.76. The molecule has 0 radical (unpaired) electrons. The van der Waals surface area contributed by atoms with E-state index in [0.29, 0.717) is 18.7 Å². The van der Waals surface area contributed by atoms with Crippen LogP contribution in [0.25, 0.3) is 0 Å². The summed E-state index contributed by atoms with van der Waals surface area (Å²) in [6, 6.07) is 8.16. The Morgan fingerprint density at radius 1 is 1.18 bits per heavy atom. The second kappa shape index (κ2) is 8.68. The standard InChI is InChI=1S/C18H20ClN3O5S/c1-4-21(5-2)28(26,27)17-11-14(8-6-12(17)3)20-18(23)15-9-7-13(19)10-16(15)22(24)25/h6-11H,4-5H2,1-3H3,(H,20,23). The van der Waals surface area contributed by atoms with Crippen molar-refractivity contribution in [2.45, 2.75) is 25.7 Å². The van der Waals surface area contributed by atoms with Gasteiger partial charge in [-0.1, -0.05) is 31.5 Å². The van der Waals surface area contributed by atoms with E-state index in [1.165, 1.54) is 28.6 Å². The highest BCUT2D eigenvalue weighted by molar-refractivity contribution is 7.89. The highest BCUT2D eigenvalue weighted by Gasteiger charge is 2.25. The maximum atomic E-state index is 12.8. The van der Waals surface area contributed by atoms with Gasteiger partial charge in [-0.2, -0.15) is 4.31 Å². The van der Waals surface area contributed by atoms with Gasteiger partial charge in [0.2, 0.25) is 10.0 Å². The predicted molar refractivity (Wildman–Crippen MR) is 107 cm³/mol. The summed E-state index contributed by atoms with van der Waals surface area (Å²) in [5, 5.41) is 13.8. The Kier molecular flexibility index (Phi) is 6.76. The van der Waals surface area contributed by atoms with Gasteiger partial charge >= 0.3 is 0 Å². The van der Waals surface area contributed by atoms with Crippen molar-refractivity contribution in [2.75, 3.05) is 18.4 Å². The van der Waals surface area contributed by atoms with Crippen LogP contribution in [0.15, 0.2) is 41.3 Å². The molecule has 0 aliphatic carbocycles. The van der Waals surface area contributed by atoms with Gasteiger partial charge < -0.3 is 5.32 Å². The lowest BCUT2D eigenvalue weighted by Crippen LogP contribution is -2.31. The molecule has 0 aromatic heterocycles. The molecule has 0 atom stereocenters. The topological polar surface area (TPSA) is 110 Å². The highest BCUT2D eigenvalue weighted by Crippen LogP contribution is 2.26. The molecule has 0 saturated carbocycles. The molecule has 1 amide bonds. The number of carbonyl (C=O) groups excluding carboxylic acids is 1. The molecule has 0 bridgehead atoms. The Hall–Kier alpha value is -2.49. The second-order valence-electron chi connectivity index (χ2n) is 5.94. The molecule has 0 unspecified atom stereocenters. The molecule has 2 aromatic rings.